The second kappa shape index (κ2) is 8.48. The number of ether oxygens (including phenoxy) is 1. The van der Waals surface area contributed by atoms with Gasteiger partial charge in [0.25, 0.3) is 11.7 Å². The van der Waals surface area contributed by atoms with E-state index in [1.165, 1.54) is 14.2 Å². The van der Waals surface area contributed by atoms with Crippen LogP contribution in [-0.2, 0) is 20.8 Å². The molecule has 1 aromatic carbocycles. The van der Waals surface area contributed by atoms with Crippen LogP contribution >= 0.6 is 0 Å². The van der Waals surface area contributed by atoms with Crippen LogP contribution in [-0.4, -0.2) is 48.7 Å². The van der Waals surface area contributed by atoms with Crippen molar-refractivity contribution in [2.24, 2.45) is 5.73 Å². The Kier molecular flexibility index (Phi) is 6.93. The van der Waals surface area contributed by atoms with Gasteiger partial charge in [0.2, 0.25) is 0 Å². The summed E-state index contributed by atoms with van der Waals surface area (Å²) in [6.45, 7) is 5.24. The lowest BCUT2D eigenvalue weighted by Crippen LogP contribution is -2.49. The van der Waals surface area contributed by atoms with Gasteiger partial charge in [-0.05, 0) is 38.5 Å². The van der Waals surface area contributed by atoms with E-state index in [4.69, 9.17) is 20.7 Å². The molecule has 1 rings (SSSR count). The second-order valence-electron chi connectivity index (χ2n) is 6.57. The number of hydroxylamine groups is 2. The molecule has 138 valence electrons. The lowest BCUT2D eigenvalue weighted by atomic mass is 10.0. The van der Waals surface area contributed by atoms with Crippen LogP contribution < -0.4 is 16.5 Å². The van der Waals surface area contributed by atoms with Gasteiger partial charge in [0, 0.05) is 13.5 Å². The van der Waals surface area contributed by atoms with Crippen LogP contribution in [0, 0.1) is 0 Å². The normalized spacial score (nSPS) is 12.2. The van der Waals surface area contributed by atoms with E-state index < -0.39 is 23.6 Å². The first-order chi connectivity index (χ1) is 11.5. The van der Waals surface area contributed by atoms with Gasteiger partial charge < -0.3 is 10.1 Å². The number of rotatable bonds is 6. The number of alkyl carbamates (subject to hydrolysis) is 1. The topological polar surface area (TPSA) is 119 Å². The Morgan fingerprint density at radius 2 is 1.84 bits per heavy atom. The van der Waals surface area contributed by atoms with Gasteiger partial charge in [0.15, 0.2) is 0 Å². The molecular weight excluding hydrogens is 324 g/mol. The molecule has 0 fully saturated rings. The molecule has 8 heteroatoms. The largest absolute Gasteiger partial charge is 0.444 e. The quantitative estimate of drug-likeness (QED) is 0.366. The molecule has 5 N–H and O–H groups in total. The van der Waals surface area contributed by atoms with E-state index in [1.54, 1.807) is 45.0 Å². The van der Waals surface area contributed by atoms with Gasteiger partial charge in [-0.3, -0.25) is 20.8 Å². The maximum absolute atomic E-state index is 12.4. The number of hydrogen-bond acceptors (Lipinski definition) is 4. The summed E-state index contributed by atoms with van der Waals surface area (Å²) in [7, 11) is 2.84. The maximum Gasteiger partial charge on any atom is 0.408 e. The molecule has 0 heterocycles. The minimum atomic E-state index is -0.843. The third-order valence-corrected chi connectivity index (χ3v) is 3.30. The minimum absolute atomic E-state index is 0.213. The molecule has 1 aromatic rings. The Bertz CT molecular complexity index is 623. The number of likely N-dealkylation sites (N-methyl/N-ethyl adjacent to an activating group) is 1. The lowest BCUT2D eigenvalue weighted by molar-refractivity contribution is -0.171. The van der Waals surface area contributed by atoms with Crippen molar-refractivity contribution in [3.05, 3.63) is 35.4 Å². The summed E-state index contributed by atoms with van der Waals surface area (Å²) >= 11 is 0. The molecule has 0 aromatic heterocycles. The number of carbonyl (C=O) groups excluding carboxylic acids is 2. The molecule has 8 nitrogen and oxygen atoms in total. The van der Waals surface area contributed by atoms with Crippen molar-refractivity contribution in [2.75, 3.05) is 14.2 Å². The van der Waals surface area contributed by atoms with Crippen molar-refractivity contribution < 1.29 is 24.6 Å². The van der Waals surface area contributed by atoms with Crippen molar-refractivity contribution in [1.29, 1.82) is 0 Å². The van der Waals surface area contributed by atoms with Crippen LogP contribution in [0.4, 0.5) is 4.79 Å². The second-order valence-corrected chi connectivity index (χ2v) is 6.57. The fraction of sp³-hybridized carbons (Fsp3) is 0.471. The highest BCUT2D eigenvalue weighted by Crippen LogP contribution is 2.11. The van der Waals surface area contributed by atoms with Crippen LogP contribution in [0.5, 0.6) is 0 Å². The van der Waals surface area contributed by atoms with E-state index in [0.29, 0.717) is 5.56 Å². The van der Waals surface area contributed by atoms with Crippen molar-refractivity contribution in [1.82, 2.24) is 10.4 Å². The molecule has 0 aliphatic heterocycles. The average Bonchev–Trinajstić information content (AvgIpc) is 2.51. The van der Waals surface area contributed by atoms with Gasteiger partial charge in [-0.2, -0.15) is 0 Å². The van der Waals surface area contributed by atoms with Crippen LogP contribution in [0.25, 0.3) is 0 Å². The molecule has 0 saturated heterocycles. The van der Waals surface area contributed by atoms with Crippen LogP contribution in [0.2, 0.25) is 0 Å². The van der Waals surface area contributed by atoms with Crippen molar-refractivity contribution in [3.8, 4) is 0 Å². The number of benzene rings is 1. The van der Waals surface area contributed by atoms with Crippen LogP contribution in [0.3, 0.4) is 0 Å². The summed E-state index contributed by atoms with van der Waals surface area (Å²) in [5, 5.41) is 9.18. The number of amidine groups is 1. The maximum atomic E-state index is 12.4. The fourth-order valence-corrected chi connectivity index (χ4v) is 2.03. The van der Waals surface area contributed by atoms with Crippen molar-refractivity contribution in [3.63, 3.8) is 0 Å². The molecular formula is C17H27N4O4+. The number of amides is 2. The van der Waals surface area contributed by atoms with E-state index in [1.807, 2.05) is 0 Å². The van der Waals surface area contributed by atoms with Gasteiger partial charge in [-0.25, -0.2) is 9.86 Å². The highest BCUT2D eigenvalue weighted by Gasteiger charge is 2.27. The highest BCUT2D eigenvalue weighted by atomic mass is 16.7. The first kappa shape index (κ1) is 20.4. The summed E-state index contributed by atoms with van der Waals surface area (Å²) in [5.74, 6) is -0.187. The highest BCUT2D eigenvalue weighted by molar-refractivity contribution is 5.92. The van der Waals surface area contributed by atoms with Crippen molar-refractivity contribution >= 4 is 17.8 Å². The summed E-state index contributed by atoms with van der Waals surface area (Å²) in [6, 6.07) is 6.24. The molecule has 0 unspecified atom stereocenters. The number of carbonyl (C=O) groups is 2. The standard InChI is InChI=1S/C17H26N4O4/c1-17(2,3)25-16(23)20-13(15(22)21(4)24-5)10-11-6-8-12(9-7-11)14(18)19/h6-9,13H,10H2,1-5H3,(H3,18,19)(H,20,23)/p+1/t13-/m0/s1. The lowest BCUT2D eigenvalue weighted by Gasteiger charge is -2.25. The van der Waals surface area contributed by atoms with Gasteiger partial charge in [0.1, 0.15) is 11.6 Å². The number of nitrogens with one attached hydrogen (secondary N) is 1. The SMILES string of the molecule is CON(C)C(=O)[C@H](Cc1ccc(C(N)=[NH2+])cc1)NC(=O)OC(C)(C)C. The Balaban J connectivity index is 2.92. The zero-order valence-electron chi connectivity index (χ0n) is 15.3. The third-order valence-electron chi connectivity index (χ3n) is 3.30. The van der Waals surface area contributed by atoms with Gasteiger partial charge in [0.05, 0.1) is 12.7 Å². The first-order valence-corrected chi connectivity index (χ1v) is 7.82. The summed E-state index contributed by atoms with van der Waals surface area (Å²) in [4.78, 5) is 29.4. The number of nitrogens with zero attached hydrogens (tertiary/aromatic N) is 1. The monoisotopic (exact) mass is 351 g/mol. The molecule has 0 aliphatic rings. The molecule has 0 spiro atoms. The molecule has 0 aliphatic carbocycles. The van der Waals surface area contributed by atoms with Crippen LogP contribution in [0.15, 0.2) is 24.3 Å². The first-order valence-electron chi connectivity index (χ1n) is 7.82. The molecule has 1 atom stereocenters. The molecule has 0 radical (unpaired) electrons. The zero-order chi connectivity index (χ0) is 19.2. The third kappa shape index (κ3) is 6.80. The van der Waals surface area contributed by atoms with E-state index >= 15 is 0 Å². The Labute approximate surface area is 147 Å². The molecule has 0 saturated carbocycles. The van der Waals surface area contributed by atoms with Gasteiger partial charge in [-0.1, -0.05) is 12.1 Å². The average molecular weight is 351 g/mol. The van der Waals surface area contributed by atoms with E-state index in [9.17, 15) is 9.59 Å². The van der Waals surface area contributed by atoms with Crippen molar-refractivity contribution in [2.45, 2.75) is 38.8 Å². The summed E-state index contributed by atoms with van der Waals surface area (Å²) in [6.07, 6.45) is -0.414. The Morgan fingerprint density at radius 3 is 2.28 bits per heavy atom. The smallest absolute Gasteiger partial charge is 0.408 e. The minimum Gasteiger partial charge on any atom is -0.444 e. The predicted molar refractivity (Wildman–Crippen MR) is 93.3 cm³/mol. The molecule has 25 heavy (non-hydrogen) atoms. The van der Waals surface area contributed by atoms with E-state index in [2.05, 4.69) is 5.32 Å². The zero-order valence-corrected chi connectivity index (χ0v) is 15.3. The Hall–Kier alpha value is -2.61. The predicted octanol–water partition coefficient (Wildman–Crippen LogP) is -0.393. The Morgan fingerprint density at radius 1 is 1.28 bits per heavy atom. The molecule has 2 amide bonds. The van der Waals surface area contributed by atoms with E-state index in [-0.39, 0.29) is 12.3 Å². The van der Waals surface area contributed by atoms with Gasteiger partial charge >= 0.3 is 6.09 Å². The summed E-state index contributed by atoms with van der Waals surface area (Å²) in [5.41, 5.74) is 6.39. The fourth-order valence-electron chi connectivity index (χ4n) is 2.03. The summed E-state index contributed by atoms with van der Waals surface area (Å²) < 4.78 is 5.22. The van der Waals surface area contributed by atoms with E-state index in [0.717, 1.165) is 10.6 Å². The van der Waals surface area contributed by atoms with Crippen LogP contribution in [0.1, 0.15) is 31.9 Å². The molecule has 0 bridgehead atoms. The van der Waals surface area contributed by atoms with Gasteiger partial charge in [-0.15, -0.1) is 0 Å². The number of nitrogens with two attached hydrogens (primary N) is 2. The number of hydrogen-bond donors (Lipinski definition) is 3.